The monoisotopic (exact) mass is 786 g/mol. The molecule has 2 aromatic heterocycles. The highest BCUT2D eigenvalue weighted by atomic mass is 35.5. The number of methoxy groups -OCH3 is 2. The van der Waals surface area contributed by atoms with Gasteiger partial charge in [0.1, 0.15) is 12.1 Å². The average Bonchev–Trinajstić information content (AvgIpc) is 3.62. The Morgan fingerprint density at radius 3 is 2.50 bits per heavy atom. The van der Waals surface area contributed by atoms with Crippen LogP contribution in [0.25, 0.3) is 11.0 Å². The van der Waals surface area contributed by atoms with Crippen LogP contribution in [0.4, 0.5) is 5.82 Å². The number of nitrogens with zero attached hydrogens (tertiary/aromatic N) is 9. The number of ether oxygens (including phenoxy) is 2. The van der Waals surface area contributed by atoms with Gasteiger partial charge >= 0.3 is 0 Å². The molecule has 1 spiro atoms. The molecule has 1 N–H and O–H groups in total. The molecule has 298 valence electrons. The molecule has 0 radical (unpaired) electrons. The minimum atomic E-state index is -0.434. The van der Waals surface area contributed by atoms with Crippen molar-refractivity contribution in [3.63, 3.8) is 0 Å². The van der Waals surface area contributed by atoms with Crippen LogP contribution in [0.1, 0.15) is 48.8 Å². The summed E-state index contributed by atoms with van der Waals surface area (Å²) in [7, 11) is 6.91. The third kappa shape index (κ3) is 7.92. The summed E-state index contributed by atoms with van der Waals surface area (Å²) in [6.07, 6.45) is 9.36. The van der Waals surface area contributed by atoms with E-state index in [2.05, 4.69) is 42.3 Å². The summed E-state index contributed by atoms with van der Waals surface area (Å²) < 4.78 is 13.3. The molecule has 4 aromatic rings. The Hall–Kier alpha value is -5.15. The molecule has 2 aliphatic heterocycles. The van der Waals surface area contributed by atoms with Gasteiger partial charge < -0.3 is 29.5 Å². The van der Waals surface area contributed by atoms with E-state index < -0.39 is 4.92 Å². The minimum absolute atomic E-state index is 0.0510. The lowest BCUT2D eigenvalue weighted by atomic mass is 9.68. The van der Waals surface area contributed by atoms with Crippen LogP contribution in [0.5, 0.6) is 11.5 Å². The lowest BCUT2D eigenvalue weighted by molar-refractivity contribution is -0.404. The number of benzene rings is 2. The van der Waals surface area contributed by atoms with Crippen LogP contribution in [-0.2, 0) is 23.3 Å². The second-order valence-electron chi connectivity index (χ2n) is 15.0. The molecule has 7 rings (SSSR count). The van der Waals surface area contributed by atoms with Gasteiger partial charge in [-0.25, -0.2) is 14.6 Å². The number of hydrogen-bond donors (Lipinski definition) is 1. The molecular weight excluding hydrogens is 736 g/mol. The van der Waals surface area contributed by atoms with Crippen LogP contribution in [-0.4, -0.2) is 119 Å². The van der Waals surface area contributed by atoms with E-state index in [1.165, 1.54) is 11.1 Å². The first kappa shape index (κ1) is 39.1. The van der Waals surface area contributed by atoms with Gasteiger partial charge in [-0.15, -0.1) is 0 Å². The van der Waals surface area contributed by atoms with Crippen LogP contribution < -0.4 is 19.7 Å². The van der Waals surface area contributed by atoms with E-state index in [-0.39, 0.29) is 17.4 Å². The predicted molar refractivity (Wildman–Crippen MR) is 215 cm³/mol. The van der Waals surface area contributed by atoms with Crippen LogP contribution in [0.2, 0.25) is 5.02 Å². The maximum Gasteiger partial charge on any atom is 0.274 e. The summed E-state index contributed by atoms with van der Waals surface area (Å²) in [5.74, 6) is 2.91. The Morgan fingerprint density at radius 1 is 1.07 bits per heavy atom. The lowest BCUT2D eigenvalue weighted by Crippen LogP contribution is -2.55. The zero-order chi connectivity index (χ0) is 39.4. The molecule has 0 unspecified atom stereocenters. The van der Waals surface area contributed by atoms with Crippen LogP contribution in [0, 0.1) is 16.0 Å². The molecule has 3 aliphatic rings. The van der Waals surface area contributed by atoms with Gasteiger partial charge in [0.25, 0.3) is 6.20 Å². The quantitative estimate of drug-likeness (QED) is 0.113. The van der Waals surface area contributed by atoms with Gasteiger partial charge in [0.2, 0.25) is 5.91 Å². The van der Waals surface area contributed by atoms with Crippen molar-refractivity contribution in [3.8, 4) is 11.5 Å². The normalized spacial score (nSPS) is 20.2. The summed E-state index contributed by atoms with van der Waals surface area (Å²) >= 11 is 6.43. The second-order valence-corrected chi connectivity index (χ2v) is 15.4. The van der Waals surface area contributed by atoms with E-state index in [1.807, 2.05) is 40.0 Å². The number of aromatic nitrogens is 4. The molecule has 1 amide bonds. The minimum Gasteiger partial charge on any atom is -0.493 e. The Balaban J connectivity index is 1.01. The fourth-order valence-corrected chi connectivity index (χ4v) is 8.99. The number of rotatable bonds is 13. The smallest absolute Gasteiger partial charge is 0.274 e. The second kappa shape index (κ2) is 16.9. The molecular formula is C40H51ClN10O5. The number of anilines is 1. The van der Waals surface area contributed by atoms with E-state index in [0.29, 0.717) is 55.9 Å². The standard InChI is InChI=1S/C40H51ClN10O5/c1-46(2)36(26-51(53)54)42-15-7-16-49-17-12-29-22-34(55-3)35(56-4)23-32(29)40(49)13-10-28(11-14-40)39(52)48-20-18-47(19-21-48)37-31-24-45-50(38(31)44-27-43-37)25-30-8-5-6-9-33(30)41/h5-6,8-9,22-24,26-28,42H,7,10-21,25H2,1-4H3/t28-,40-. The fraction of sp³-hybridized carbons (Fsp3) is 0.500. The largest absolute Gasteiger partial charge is 0.493 e. The van der Waals surface area contributed by atoms with Crippen molar-refractivity contribution in [3.05, 3.63) is 92.8 Å². The summed E-state index contributed by atoms with van der Waals surface area (Å²) in [4.78, 5) is 42.6. The number of carbonyl (C=O) groups is 1. The topological polar surface area (TPSA) is 147 Å². The number of amides is 1. The van der Waals surface area contributed by atoms with Gasteiger partial charge in [0.05, 0.1) is 37.3 Å². The first-order chi connectivity index (χ1) is 27.1. The van der Waals surface area contributed by atoms with Crippen molar-refractivity contribution < 1.29 is 19.2 Å². The van der Waals surface area contributed by atoms with Crippen molar-refractivity contribution in [1.82, 2.24) is 39.8 Å². The van der Waals surface area contributed by atoms with Gasteiger partial charge in [-0.1, -0.05) is 29.8 Å². The molecule has 56 heavy (non-hydrogen) atoms. The highest BCUT2D eigenvalue weighted by molar-refractivity contribution is 6.31. The van der Waals surface area contributed by atoms with Gasteiger partial charge in [-0.05, 0) is 73.4 Å². The van der Waals surface area contributed by atoms with Crippen LogP contribution >= 0.6 is 11.6 Å². The molecule has 1 aliphatic carbocycles. The Kier molecular flexibility index (Phi) is 11.8. The van der Waals surface area contributed by atoms with Gasteiger partial charge in [-0.3, -0.25) is 19.8 Å². The van der Waals surface area contributed by atoms with Gasteiger partial charge in [0.15, 0.2) is 23.0 Å². The van der Waals surface area contributed by atoms with E-state index in [4.69, 9.17) is 21.1 Å². The number of hydrogen-bond acceptors (Lipinski definition) is 12. The number of nitro groups is 1. The molecule has 0 atom stereocenters. The van der Waals surface area contributed by atoms with E-state index in [0.717, 1.165) is 86.0 Å². The number of carbonyl (C=O) groups excluding carboxylic acids is 1. The number of nitrogens with one attached hydrogen (secondary N) is 1. The van der Waals surface area contributed by atoms with Crippen LogP contribution in [0.15, 0.2) is 60.9 Å². The SMILES string of the molecule is COc1cc2c(cc1OC)[C@]1(CC[C@@H](C(=O)N3CCN(c4ncnc5c4cnn5Cc4ccccc4Cl)CC3)CC1)N(CCCNC(=C[N+](=O)[O-])N(C)C)CC2. The summed E-state index contributed by atoms with van der Waals surface area (Å²) in [5, 5.41) is 20.6. The van der Waals surface area contributed by atoms with Crippen LogP contribution in [0.3, 0.4) is 0 Å². The summed E-state index contributed by atoms with van der Waals surface area (Å²) in [5.41, 5.74) is 3.98. The Labute approximate surface area is 332 Å². The number of piperazine rings is 1. The van der Waals surface area contributed by atoms with Crippen molar-refractivity contribution >= 4 is 34.4 Å². The third-order valence-electron chi connectivity index (χ3n) is 11.7. The molecule has 4 heterocycles. The van der Waals surface area contributed by atoms with Crippen molar-refractivity contribution in [2.45, 2.75) is 50.6 Å². The van der Waals surface area contributed by atoms with Crippen molar-refractivity contribution in [1.29, 1.82) is 0 Å². The average molecular weight is 787 g/mol. The first-order valence-corrected chi connectivity index (χ1v) is 19.7. The maximum absolute atomic E-state index is 14.1. The van der Waals surface area contributed by atoms with Crippen molar-refractivity contribution in [2.75, 3.05) is 79.0 Å². The summed E-state index contributed by atoms with van der Waals surface area (Å²) in [6.45, 7) is 5.40. The zero-order valence-electron chi connectivity index (χ0n) is 32.6. The molecule has 0 bridgehead atoms. The highest BCUT2D eigenvalue weighted by Gasteiger charge is 2.47. The molecule has 1 saturated heterocycles. The molecule has 1 saturated carbocycles. The lowest BCUT2D eigenvalue weighted by Gasteiger charge is -2.52. The number of halogens is 1. The van der Waals surface area contributed by atoms with E-state index >= 15 is 0 Å². The maximum atomic E-state index is 14.1. The Morgan fingerprint density at radius 2 is 1.80 bits per heavy atom. The van der Waals surface area contributed by atoms with E-state index in [1.54, 1.807) is 39.5 Å². The van der Waals surface area contributed by atoms with Crippen molar-refractivity contribution in [2.24, 2.45) is 5.92 Å². The van der Waals surface area contributed by atoms with Gasteiger partial charge in [-0.2, -0.15) is 5.10 Å². The number of fused-ring (bicyclic) bond motifs is 3. The molecule has 2 aromatic carbocycles. The molecule has 2 fully saturated rings. The fourth-order valence-electron chi connectivity index (χ4n) is 8.79. The van der Waals surface area contributed by atoms with E-state index in [9.17, 15) is 14.9 Å². The molecule has 16 heteroatoms. The Bertz CT molecular complexity index is 2070. The van der Waals surface area contributed by atoms with Gasteiger partial charge in [0, 0.05) is 76.4 Å². The summed E-state index contributed by atoms with van der Waals surface area (Å²) in [6, 6.07) is 12.0. The molecule has 15 nitrogen and oxygen atoms in total. The third-order valence-corrected chi connectivity index (χ3v) is 12.1. The highest BCUT2D eigenvalue weighted by Crippen LogP contribution is 2.50. The zero-order valence-corrected chi connectivity index (χ0v) is 33.4. The first-order valence-electron chi connectivity index (χ1n) is 19.3. The predicted octanol–water partition coefficient (Wildman–Crippen LogP) is 4.75.